The molecule has 0 saturated heterocycles. The second-order valence-electron chi connectivity index (χ2n) is 4.85. The molecule has 80 valence electrons. The summed E-state index contributed by atoms with van der Waals surface area (Å²) in [6.07, 6.45) is 2.03. The van der Waals surface area contributed by atoms with Gasteiger partial charge in [0.2, 0.25) is 5.95 Å². The second kappa shape index (κ2) is 3.26. The predicted molar refractivity (Wildman–Crippen MR) is 63.3 cm³/mol. The second-order valence-corrected chi connectivity index (χ2v) is 4.85. The van der Waals surface area contributed by atoms with Crippen LogP contribution in [0, 0.1) is 6.92 Å². The van der Waals surface area contributed by atoms with Crippen molar-refractivity contribution in [1.29, 1.82) is 0 Å². The van der Waals surface area contributed by atoms with Crippen LogP contribution < -0.4 is 5.32 Å². The molecule has 0 unspecified atom stereocenters. The zero-order valence-corrected chi connectivity index (χ0v) is 9.70. The van der Waals surface area contributed by atoms with Crippen molar-refractivity contribution in [2.75, 3.05) is 5.32 Å². The van der Waals surface area contributed by atoms with Crippen LogP contribution in [0.4, 0.5) is 5.95 Å². The molecule has 0 aliphatic rings. The molecule has 0 aromatic carbocycles. The van der Waals surface area contributed by atoms with E-state index >= 15 is 0 Å². The molecule has 2 aromatic heterocycles. The smallest absolute Gasteiger partial charge is 0.208 e. The minimum atomic E-state index is 0.0313. The maximum atomic E-state index is 4.53. The summed E-state index contributed by atoms with van der Waals surface area (Å²) < 4.78 is 2.08. The van der Waals surface area contributed by atoms with Crippen LogP contribution in [0.15, 0.2) is 24.4 Å². The van der Waals surface area contributed by atoms with Gasteiger partial charge in [-0.1, -0.05) is 6.07 Å². The summed E-state index contributed by atoms with van der Waals surface area (Å²) in [5, 5.41) is 3.40. The first kappa shape index (κ1) is 10.0. The Balaban J connectivity index is 2.53. The van der Waals surface area contributed by atoms with Crippen molar-refractivity contribution in [2.45, 2.75) is 33.2 Å². The maximum Gasteiger partial charge on any atom is 0.208 e. The highest BCUT2D eigenvalue weighted by Gasteiger charge is 2.14. The first-order valence-electron chi connectivity index (χ1n) is 5.19. The Kier molecular flexibility index (Phi) is 2.18. The molecular formula is C12H17N3. The predicted octanol–water partition coefficient (Wildman–Crippen LogP) is 2.85. The number of anilines is 1. The maximum absolute atomic E-state index is 4.53. The topological polar surface area (TPSA) is 29.3 Å². The van der Waals surface area contributed by atoms with E-state index in [1.54, 1.807) is 0 Å². The number of nitrogens with zero attached hydrogens (tertiary/aromatic N) is 2. The summed E-state index contributed by atoms with van der Waals surface area (Å²) in [6, 6.07) is 6.13. The Morgan fingerprint density at radius 1 is 1.27 bits per heavy atom. The number of hydrogen-bond donors (Lipinski definition) is 1. The Morgan fingerprint density at radius 3 is 2.67 bits per heavy atom. The normalized spacial score (nSPS) is 12.0. The van der Waals surface area contributed by atoms with E-state index in [4.69, 9.17) is 0 Å². The molecule has 0 aliphatic heterocycles. The van der Waals surface area contributed by atoms with E-state index in [0.29, 0.717) is 0 Å². The van der Waals surface area contributed by atoms with E-state index in [2.05, 4.69) is 41.5 Å². The fourth-order valence-corrected chi connectivity index (χ4v) is 1.62. The van der Waals surface area contributed by atoms with E-state index in [1.165, 1.54) is 0 Å². The van der Waals surface area contributed by atoms with Crippen molar-refractivity contribution in [3.05, 3.63) is 30.1 Å². The number of aromatic nitrogens is 2. The lowest BCUT2D eigenvalue weighted by Crippen LogP contribution is -2.27. The highest BCUT2D eigenvalue weighted by atomic mass is 15.2. The highest BCUT2D eigenvalue weighted by Crippen LogP contribution is 2.18. The standard InChI is InChI=1S/C12H17N3/c1-9-10-7-5-6-8-15(10)11(13-9)14-12(2,3)4/h5-8H,1-4H3,(H,13,14). The number of fused-ring (bicyclic) bond motifs is 1. The third-order valence-corrected chi connectivity index (χ3v) is 2.22. The molecule has 0 spiro atoms. The first-order valence-corrected chi connectivity index (χ1v) is 5.19. The molecule has 0 amide bonds. The Bertz CT molecular complexity index is 477. The third kappa shape index (κ3) is 1.96. The van der Waals surface area contributed by atoms with Gasteiger partial charge in [0, 0.05) is 11.7 Å². The molecule has 15 heavy (non-hydrogen) atoms. The van der Waals surface area contributed by atoms with Gasteiger partial charge in [0.25, 0.3) is 0 Å². The van der Waals surface area contributed by atoms with E-state index in [1.807, 2.05) is 25.3 Å². The SMILES string of the molecule is Cc1nc(NC(C)(C)C)n2ccccc12. The van der Waals surface area contributed by atoms with Crippen LogP contribution in [0.2, 0.25) is 0 Å². The van der Waals surface area contributed by atoms with Gasteiger partial charge in [0.1, 0.15) is 0 Å². The number of nitrogens with one attached hydrogen (secondary N) is 1. The van der Waals surface area contributed by atoms with E-state index in [9.17, 15) is 0 Å². The van der Waals surface area contributed by atoms with E-state index < -0.39 is 0 Å². The van der Waals surface area contributed by atoms with Gasteiger partial charge in [0.05, 0.1) is 11.2 Å². The van der Waals surface area contributed by atoms with Gasteiger partial charge in [-0.15, -0.1) is 0 Å². The molecule has 2 aromatic rings. The number of rotatable bonds is 1. The molecule has 0 atom stereocenters. The van der Waals surface area contributed by atoms with Gasteiger partial charge in [-0.25, -0.2) is 4.98 Å². The van der Waals surface area contributed by atoms with E-state index in [-0.39, 0.29) is 5.54 Å². The first-order chi connectivity index (χ1) is 6.97. The number of aryl methyl sites for hydroxylation is 1. The Morgan fingerprint density at radius 2 is 2.00 bits per heavy atom. The lowest BCUT2D eigenvalue weighted by atomic mass is 10.1. The molecule has 3 heteroatoms. The van der Waals surface area contributed by atoms with Crippen molar-refractivity contribution < 1.29 is 0 Å². The van der Waals surface area contributed by atoms with Gasteiger partial charge in [-0.3, -0.25) is 4.40 Å². The van der Waals surface area contributed by atoms with Gasteiger partial charge in [-0.05, 0) is 39.8 Å². The van der Waals surface area contributed by atoms with Crippen molar-refractivity contribution in [1.82, 2.24) is 9.38 Å². The van der Waals surface area contributed by atoms with Crippen molar-refractivity contribution in [2.24, 2.45) is 0 Å². The van der Waals surface area contributed by atoms with Crippen molar-refractivity contribution >= 4 is 11.5 Å². The van der Waals surface area contributed by atoms with Crippen LogP contribution in [0.25, 0.3) is 5.52 Å². The summed E-state index contributed by atoms with van der Waals surface area (Å²) in [5.41, 5.74) is 2.25. The zero-order valence-electron chi connectivity index (χ0n) is 9.70. The number of hydrogen-bond acceptors (Lipinski definition) is 2. The molecule has 0 aliphatic carbocycles. The lowest BCUT2D eigenvalue weighted by Gasteiger charge is -2.20. The molecule has 2 rings (SSSR count). The zero-order chi connectivity index (χ0) is 11.1. The minimum absolute atomic E-state index is 0.0313. The number of pyridine rings is 1. The van der Waals surface area contributed by atoms with Gasteiger partial charge in [-0.2, -0.15) is 0 Å². The molecule has 3 nitrogen and oxygen atoms in total. The molecule has 1 N–H and O–H groups in total. The summed E-state index contributed by atoms with van der Waals surface area (Å²) in [4.78, 5) is 4.53. The van der Waals surface area contributed by atoms with Crippen LogP contribution in [-0.4, -0.2) is 14.9 Å². The monoisotopic (exact) mass is 203 g/mol. The van der Waals surface area contributed by atoms with Crippen molar-refractivity contribution in [3.8, 4) is 0 Å². The summed E-state index contributed by atoms with van der Waals surface area (Å²) in [5.74, 6) is 0.913. The summed E-state index contributed by atoms with van der Waals surface area (Å²) in [6.45, 7) is 8.42. The average Bonchev–Trinajstić information content (AvgIpc) is 2.42. The fourth-order valence-electron chi connectivity index (χ4n) is 1.62. The quantitative estimate of drug-likeness (QED) is 0.772. The van der Waals surface area contributed by atoms with E-state index in [0.717, 1.165) is 17.2 Å². The third-order valence-electron chi connectivity index (χ3n) is 2.22. The minimum Gasteiger partial charge on any atom is -0.351 e. The van der Waals surface area contributed by atoms with Crippen LogP contribution in [-0.2, 0) is 0 Å². The lowest BCUT2D eigenvalue weighted by molar-refractivity contribution is 0.625. The average molecular weight is 203 g/mol. The fraction of sp³-hybridized carbons (Fsp3) is 0.417. The van der Waals surface area contributed by atoms with Crippen LogP contribution in [0.5, 0.6) is 0 Å². The van der Waals surface area contributed by atoms with Gasteiger partial charge in [0.15, 0.2) is 0 Å². The Hall–Kier alpha value is -1.51. The number of imidazole rings is 1. The summed E-state index contributed by atoms with van der Waals surface area (Å²) >= 11 is 0. The molecule has 2 heterocycles. The highest BCUT2D eigenvalue weighted by molar-refractivity contribution is 5.57. The van der Waals surface area contributed by atoms with Gasteiger partial charge < -0.3 is 5.32 Å². The molecule has 0 fully saturated rings. The molecule has 0 saturated carbocycles. The Labute approximate surface area is 90.1 Å². The summed E-state index contributed by atoms with van der Waals surface area (Å²) in [7, 11) is 0. The van der Waals surface area contributed by atoms with Gasteiger partial charge >= 0.3 is 0 Å². The molecular weight excluding hydrogens is 186 g/mol. The van der Waals surface area contributed by atoms with Crippen LogP contribution >= 0.6 is 0 Å². The van der Waals surface area contributed by atoms with Crippen LogP contribution in [0.1, 0.15) is 26.5 Å². The van der Waals surface area contributed by atoms with Crippen molar-refractivity contribution in [3.63, 3.8) is 0 Å². The van der Waals surface area contributed by atoms with Crippen LogP contribution in [0.3, 0.4) is 0 Å². The molecule has 0 bridgehead atoms. The largest absolute Gasteiger partial charge is 0.351 e. The molecule has 0 radical (unpaired) electrons.